The Hall–Kier alpha value is -0.860. The summed E-state index contributed by atoms with van der Waals surface area (Å²) in [5.74, 6) is 0. The minimum atomic E-state index is 0.391. The number of benzene rings is 1. The van der Waals surface area contributed by atoms with Crippen LogP contribution in [0.3, 0.4) is 0 Å². The molecule has 1 heterocycles. The van der Waals surface area contributed by atoms with Crippen molar-refractivity contribution in [2.24, 2.45) is 0 Å². The van der Waals surface area contributed by atoms with Gasteiger partial charge in [-0.15, -0.1) is 0 Å². The van der Waals surface area contributed by atoms with E-state index < -0.39 is 0 Å². The highest BCUT2D eigenvalue weighted by molar-refractivity contribution is 5.24. The van der Waals surface area contributed by atoms with E-state index in [0.29, 0.717) is 11.6 Å². The summed E-state index contributed by atoms with van der Waals surface area (Å²) in [5.41, 5.74) is 3.17. The summed E-state index contributed by atoms with van der Waals surface area (Å²) in [6, 6.07) is 9.53. The Bertz CT molecular complexity index is 422. The van der Waals surface area contributed by atoms with Crippen molar-refractivity contribution < 1.29 is 0 Å². The van der Waals surface area contributed by atoms with Crippen LogP contribution in [0, 0.1) is 6.92 Å². The van der Waals surface area contributed by atoms with E-state index in [9.17, 15) is 0 Å². The molecular formula is C19H32N2. The van der Waals surface area contributed by atoms with E-state index in [4.69, 9.17) is 0 Å². The summed E-state index contributed by atoms with van der Waals surface area (Å²) in [7, 11) is 0. The van der Waals surface area contributed by atoms with Crippen molar-refractivity contribution in [1.82, 2.24) is 10.2 Å². The van der Waals surface area contributed by atoms with Gasteiger partial charge in [0.2, 0.25) is 0 Å². The molecule has 0 radical (unpaired) electrons. The predicted molar refractivity (Wildman–Crippen MR) is 91.7 cm³/mol. The van der Waals surface area contributed by atoms with Crippen LogP contribution in [-0.4, -0.2) is 30.1 Å². The quantitative estimate of drug-likeness (QED) is 0.804. The van der Waals surface area contributed by atoms with Crippen LogP contribution < -0.4 is 5.32 Å². The van der Waals surface area contributed by atoms with Crippen LogP contribution in [0.1, 0.15) is 63.6 Å². The molecule has 1 unspecified atom stereocenters. The molecule has 0 saturated carbocycles. The predicted octanol–water partition coefficient (Wildman–Crippen LogP) is 4.30. The molecule has 0 aliphatic carbocycles. The smallest absolute Gasteiger partial charge is 0.0332 e. The molecule has 1 N–H and O–H groups in total. The van der Waals surface area contributed by atoms with Crippen molar-refractivity contribution in [3.63, 3.8) is 0 Å². The molecule has 2 rings (SSSR count). The molecule has 2 nitrogen and oxygen atoms in total. The van der Waals surface area contributed by atoms with Crippen LogP contribution in [0.2, 0.25) is 0 Å². The first kappa shape index (κ1) is 16.5. The highest BCUT2D eigenvalue weighted by atomic mass is 15.2. The fourth-order valence-corrected chi connectivity index (χ4v) is 3.37. The Balaban J connectivity index is 1.97. The first-order chi connectivity index (χ1) is 10.0. The van der Waals surface area contributed by atoms with Crippen molar-refractivity contribution in [3.05, 3.63) is 35.4 Å². The van der Waals surface area contributed by atoms with Gasteiger partial charge >= 0.3 is 0 Å². The van der Waals surface area contributed by atoms with Crippen LogP contribution in [0.5, 0.6) is 0 Å². The molecule has 1 aromatic rings. The van der Waals surface area contributed by atoms with E-state index in [1.165, 1.54) is 49.9 Å². The van der Waals surface area contributed by atoms with E-state index in [-0.39, 0.29) is 0 Å². The summed E-state index contributed by atoms with van der Waals surface area (Å²) < 4.78 is 0. The molecule has 0 aromatic heterocycles. The minimum Gasteiger partial charge on any atom is -0.310 e. The Morgan fingerprint density at radius 3 is 2.52 bits per heavy atom. The van der Waals surface area contributed by atoms with Crippen molar-refractivity contribution in [3.8, 4) is 0 Å². The number of nitrogens with zero attached hydrogens (tertiary/aromatic N) is 1. The van der Waals surface area contributed by atoms with Crippen LogP contribution in [-0.2, 0) is 0 Å². The molecule has 118 valence electrons. The Kier molecular flexibility index (Phi) is 5.83. The standard InChI is InChI=1S/C19H32N2/c1-5-13-20-18(17-9-7-16(2)8-10-17)11-15-21-14-6-12-19(21,3)4/h7-10,18,20H,5-6,11-15H2,1-4H3. The molecule has 2 heteroatoms. The molecule has 1 saturated heterocycles. The first-order valence-corrected chi connectivity index (χ1v) is 8.58. The van der Waals surface area contributed by atoms with Gasteiger partial charge in [-0.25, -0.2) is 0 Å². The van der Waals surface area contributed by atoms with Crippen LogP contribution in [0.4, 0.5) is 0 Å². The van der Waals surface area contributed by atoms with Crippen molar-refractivity contribution >= 4 is 0 Å². The molecule has 0 spiro atoms. The SMILES string of the molecule is CCCNC(CCN1CCCC1(C)C)c1ccc(C)cc1. The van der Waals surface area contributed by atoms with Gasteiger partial charge in [-0.3, -0.25) is 4.90 Å². The van der Waals surface area contributed by atoms with Crippen molar-refractivity contribution in [1.29, 1.82) is 0 Å². The fourth-order valence-electron chi connectivity index (χ4n) is 3.37. The van der Waals surface area contributed by atoms with Crippen molar-refractivity contribution in [2.45, 2.75) is 65.0 Å². The summed E-state index contributed by atoms with van der Waals surface area (Å²) in [6.07, 6.45) is 5.08. The highest BCUT2D eigenvalue weighted by Gasteiger charge is 2.31. The van der Waals surface area contributed by atoms with Crippen molar-refractivity contribution in [2.75, 3.05) is 19.6 Å². The Morgan fingerprint density at radius 1 is 1.24 bits per heavy atom. The number of rotatable bonds is 7. The fraction of sp³-hybridized carbons (Fsp3) is 0.684. The molecule has 1 fully saturated rings. The first-order valence-electron chi connectivity index (χ1n) is 8.58. The Labute approximate surface area is 130 Å². The zero-order valence-corrected chi connectivity index (χ0v) is 14.3. The third-order valence-electron chi connectivity index (χ3n) is 4.88. The van der Waals surface area contributed by atoms with Gasteiger partial charge in [-0.2, -0.15) is 0 Å². The second-order valence-electron chi connectivity index (χ2n) is 7.11. The molecular weight excluding hydrogens is 256 g/mol. The largest absolute Gasteiger partial charge is 0.310 e. The van der Waals surface area contributed by atoms with Gasteiger partial charge in [0.15, 0.2) is 0 Å². The van der Waals surface area contributed by atoms with Gasteiger partial charge in [0.05, 0.1) is 0 Å². The lowest BCUT2D eigenvalue weighted by Crippen LogP contribution is -2.40. The number of hydrogen-bond donors (Lipinski definition) is 1. The van der Waals surface area contributed by atoms with Gasteiger partial charge in [-0.05, 0) is 65.1 Å². The number of likely N-dealkylation sites (tertiary alicyclic amines) is 1. The summed E-state index contributed by atoms with van der Waals surface area (Å²) in [4.78, 5) is 2.67. The van der Waals surface area contributed by atoms with E-state index in [0.717, 1.165) is 6.54 Å². The van der Waals surface area contributed by atoms with E-state index in [1.54, 1.807) is 0 Å². The Morgan fingerprint density at radius 2 is 1.95 bits per heavy atom. The summed E-state index contributed by atoms with van der Waals surface area (Å²) in [5, 5.41) is 3.73. The lowest BCUT2D eigenvalue weighted by atomic mass is 9.99. The van der Waals surface area contributed by atoms with E-state index in [1.807, 2.05) is 0 Å². The molecule has 21 heavy (non-hydrogen) atoms. The van der Waals surface area contributed by atoms with Gasteiger partial charge in [0.1, 0.15) is 0 Å². The third kappa shape index (κ3) is 4.55. The van der Waals surface area contributed by atoms with Crippen LogP contribution in [0.25, 0.3) is 0 Å². The molecule has 0 amide bonds. The average Bonchev–Trinajstić information content (AvgIpc) is 2.79. The lowest BCUT2D eigenvalue weighted by molar-refractivity contribution is 0.166. The minimum absolute atomic E-state index is 0.391. The van der Waals surface area contributed by atoms with Gasteiger partial charge in [0.25, 0.3) is 0 Å². The molecule has 1 aliphatic rings. The maximum atomic E-state index is 3.73. The maximum Gasteiger partial charge on any atom is 0.0332 e. The monoisotopic (exact) mass is 288 g/mol. The zero-order valence-electron chi connectivity index (χ0n) is 14.3. The van der Waals surface area contributed by atoms with E-state index in [2.05, 4.69) is 62.2 Å². The summed E-state index contributed by atoms with van der Waals surface area (Å²) in [6.45, 7) is 12.7. The zero-order chi connectivity index (χ0) is 15.3. The molecule has 1 aromatic carbocycles. The topological polar surface area (TPSA) is 15.3 Å². The molecule has 1 atom stereocenters. The lowest BCUT2D eigenvalue weighted by Gasteiger charge is -2.33. The summed E-state index contributed by atoms with van der Waals surface area (Å²) >= 11 is 0. The number of aryl methyl sites for hydroxylation is 1. The maximum absolute atomic E-state index is 3.73. The third-order valence-corrected chi connectivity index (χ3v) is 4.88. The van der Waals surface area contributed by atoms with Gasteiger partial charge in [0, 0.05) is 18.1 Å². The number of nitrogens with one attached hydrogen (secondary N) is 1. The van der Waals surface area contributed by atoms with Gasteiger partial charge in [-0.1, -0.05) is 36.8 Å². The van der Waals surface area contributed by atoms with Gasteiger partial charge < -0.3 is 5.32 Å². The number of hydrogen-bond acceptors (Lipinski definition) is 2. The van der Waals surface area contributed by atoms with E-state index >= 15 is 0 Å². The second-order valence-corrected chi connectivity index (χ2v) is 7.11. The van der Waals surface area contributed by atoms with Crippen LogP contribution in [0.15, 0.2) is 24.3 Å². The molecule has 0 bridgehead atoms. The highest BCUT2D eigenvalue weighted by Crippen LogP contribution is 2.29. The van der Waals surface area contributed by atoms with Crippen LogP contribution >= 0.6 is 0 Å². The average molecular weight is 288 g/mol. The second kappa shape index (κ2) is 7.42. The molecule has 1 aliphatic heterocycles. The normalized spacial score (nSPS) is 19.8.